The minimum Gasteiger partial charge on any atom is -0.493 e. The van der Waals surface area contributed by atoms with Crippen molar-refractivity contribution in [1.82, 2.24) is 10.2 Å². The van der Waals surface area contributed by atoms with Gasteiger partial charge < -0.3 is 25.0 Å². The molecule has 29 heavy (non-hydrogen) atoms. The average molecular weight is 417 g/mol. The molecule has 1 fully saturated rings. The summed E-state index contributed by atoms with van der Waals surface area (Å²) in [5, 5.41) is 5.36. The molecule has 1 aromatic carbocycles. The molecule has 1 aliphatic rings. The van der Waals surface area contributed by atoms with Gasteiger partial charge in [0.2, 0.25) is 0 Å². The smallest absolute Gasteiger partial charge is 0.422 e. The van der Waals surface area contributed by atoms with Crippen LogP contribution in [0.25, 0.3) is 0 Å². The molecule has 1 aliphatic heterocycles. The Morgan fingerprint density at radius 3 is 2.76 bits per heavy atom. The Morgan fingerprint density at radius 1 is 1.28 bits per heavy atom. The van der Waals surface area contributed by atoms with Crippen molar-refractivity contribution < 1.29 is 27.4 Å². The first-order valence-corrected chi connectivity index (χ1v) is 9.91. The fourth-order valence-corrected chi connectivity index (χ4v) is 3.35. The van der Waals surface area contributed by atoms with Gasteiger partial charge in [-0.1, -0.05) is 6.92 Å². The molecule has 9 heteroatoms. The van der Waals surface area contributed by atoms with E-state index in [2.05, 4.69) is 22.5 Å². The standard InChI is InChI=1S/C20H30F3N3O3/c1-15-6-5-11-26(13-15)10-4-3-9-24-19(27)25-16-7-8-17(28-2)18(12-16)29-14-20(21,22)23/h7-8,12,15H,3-6,9-11,13-14H2,1-2H3,(H2,24,25,27). The lowest BCUT2D eigenvalue weighted by Gasteiger charge is -2.30. The Hall–Kier alpha value is -2.16. The summed E-state index contributed by atoms with van der Waals surface area (Å²) >= 11 is 0. The van der Waals surface area contributed by atoms with Gasteiger partial charge in [-0.15, -0.1) is 0 Å². The molecular weight excluding hydrogens is 387 g/mol. The molecule has 164 valence electrons. The van der Waals surface area contributed by atoms with E-state index >= 15 is 0 Å². The molecule has 0 bridgehead atoms. The first-order chi connectivity index (χ1) is 13.8. The zero-order valence-corrected chi connectivity index (χ0v) is 17.0. The maximum Gasteiger partial charge on any atom is 0.422 e. The minimum atomic E-state index is -4.46. The van der Waals surface area contributed by atoms with Crippen molar-refractivity contribution >= 4 is 11.7 Å². The van der Waals surface area contributed by atoms with E-state index in [0.29, 0.717) is 12.2 Å². The molecule has 1 atom stereocenters. The van der Waals surface area contributed by atoms with E-state index < -0.39 is 18.8 Å². The Balaban J connectivity index is 1.72. The number of unbranched alkanes of at least 4 members (excludes halogenated alkanes) is 1. The van der Waals surface area contributed by atoms with Crippen LogP contribution in [-0.4, -0.2) is 57.0 Å². The van der Waals surface area contributed by atoms with Crippen molar-refractivity contribution in [3.05, 3.63) is 18.2 Å². The molecule has 6 nitrogen and oxygen atoms in total. The third-order valence-corrected chi connectivity index (χ3v) is 4.74. The number of nitrogens with one attached hydrogen (secondary N) is 2. The van der Waals surface area contributed by atoms with Crippen LogP contribution in [0, 0.1) is 5.92 Å². The first kappa shape index (κ1) is 23.1. The van der Waals surface area contributed by atoms with E-state index in [0.717, 1.165) is 38.4 Å². The molecule has 1 aromatic rings. The number of alkyl halides is 3. The molecule has 0 radical (unpaired) electrons. The van der Waals surface area contributed by atoms with Crippen LogP contribution in [0.1, 0.15) is 32.6 Å². The summed E-state index contributed by atoms with van der Waals surface area (Å²) in [5.41, 5.74) is 0.322. The third-order valence-electron chi connectivity index (χ3n) is 4.74. The van der Waals surface area contributed by atoms with Crippen LogP contribution in [0.2, 0.25) is 0 Å². The maximum atomic E-state index is 12.4. The van der Waals surface area contributed by atoms with Crippen molar-refractivity contribution in [3.63, 3.8) is 0 Å². The molecule has 2 amide bonds. The van der Waals surface area contributed by atoms with Gasteiger partial charge in [0.05, 0.1) is 7.11 Å². The Bertz CT molecular complexity index is 656. The number of ether oxygens (including phenoxy) is 2. The highest BCUT2D eigenvalue weighted by atomic mass is 19.4. The van der Waals surface area contributed by atoms with Crippen molar-refractivity contribution in [1.29, 1.82) is 0 Å². The van der Waals surface area contributed by atoms with Gasteiger partial charge >= 0.3 is 12.2 Å². The minimum absolute atomic E-state index is 0.0848. The van der Waals surface area contributed by atoms with E-state index in [-0.39, 0.29) is 11.5 Å². The van der Waals surface area contributed by atoms with E-state index in [1.807, 2.05) is 0 Å². The van der Waals surface area contributed by atoms with Gasteiger partial charge in [-0.3, -0.25) is 0 Å². The number of anilines is 1. The average Bonchev–Trinajstić information content (AvgIpc) is 2.66. The Labute approximate surface area is 169 Å². The lowest BCUT2D eigenvalue weighted by Crippen LogP contribution is -2.35. The summed E-state index contributed by atoms with van der Waals surface area (Å²) in [5.74, 6) is 0.827. The predicted octanol–water partition coefficient (Wildman–Crippen LogP) is 4.27. The van der Waals surface area contributed by atoms with Crippen molar-refractivity contribution in [3.8, 4) is 11.5 Å². The Kier molecular flexibility index (Phi) is 8.88. The van der Waals surface area contributed by atoms with Crippen LogP contribution in [0.15, 0.2) is 18.2 Å². The van der Waals surface area contributed by atoms with Crippen LogP contribution in [0.3, 0.4) is 0 Å². The highest BCUT2D eigenvalue weighted by Gasteiger charge is 2.29. The number of amides is 2. The highest BCUT2D eigenvalue weighted by molar-refractivity contribution is 5.89. The number of hydrogen-bond acceptors (Lipinski definition) is 4. The fraction of sp³-hybridized carbons (Fsp3) is 0.650. The largest absolute Gasteiger partial charge is 0.493 e. The molecule has 1 heterocycles. The molecule has 0 aromatic heterocycles. The number of carbonyl (C=O) groups is 1. The summed E-state index contributed by atoms with van der Waals surface area (Å²) in [7, 11) is 1.33. The molecule has 0 saturated carbocycles. The van der Waals surface area contributed by atoms with E-state index in [1.165, 1.54) is 38.2 Å². The topological polar surface area (TPSA) is 62.8 Å². The normalized spacial score (nSPS) is 17.6. The number of carbonyl (C=O) groups excluding carboxylic acids is 1. The van der Waals surface area contributed by atoms with Gasteiger partial charge in [0.15, 0.2) is 18.1 Å². The van der Waals surface area contributed by atoms with E-state index in [1.54, 1.807) is 0 Å². The number of likely N-dealkylation sites (tertiary alicyclic amines) is 1. The number of urea groups is 1. The van der Waals surface area contributed by atoms with Crippen LogP contribution >= 0.6 is 0 Å². The molecule has 0 aliphatic carbocycles. The molecular formula is C20H30F3N3O3. The maximum absolute atomic E-state index is 12.4. The zero-order chi connectivity index (χ0) is 21.3. The zero-order valence-electron chi connectivity index (χ0n) is 17.0. The number of benzene rings is 1. The number of nitrogens with zero attached hydrogens (tertiary/aromatic N) is 1. The molecule has 2 N–H and O–H groups in total. The van der Waals surface area contributed by atoms with Crippen molar-refractivity contribution in [2.45, 2.75) is 38.8 Å². The second-order valence-corrected chi connectivity index (χ2v) is 7.41. The van der Waals surface area contributed by atoms with Crippen molar-refractivity contribution in [2.24, 2.45) is 5.92 Å². The number of methoxy groups -OCH3 is 1. The number of hydrogen-bond donors (Lipinski definition) is 2. The summed E-state index contributed by atoms with van der Waals surface area (Å²) < 4.78 is 46.9. The van der Waals surface area contributed by atoms with Crippen LogP contribution in [0.5, 0.6) is 11.5 Å². The molecule has 2 rings (SSSR count). The lowest BCUT2D eigenvalue weighted by atomic mass is 10.0. The highest BCUT2D eigenvalue weighted by Crippen LogP contribution is 2.31. The molecule has 1 unspecified atom stereocenters. The fourth-order valence-electron chi connectivity index (χ4n) is 3.35. The first-order valence-electron chi connectivity index (χ1n) is 9.91. The Morgan fingerprint density at radius 2 is 2.07 bits per heavy atom. The summed E-state index contributed by atoms with van der Waals surface area (Å²) in [4.78, 5) is 14.5. The quantitative estimate of drug-likeness (QED) is 0.589. The monoisotopic (exact) mass is 417 g/mol. The number of rotatable bonds is 9. The summed E-state index contributed by atoms with van der Waals surface area (Å²) in [6.07, 6.45) is -0.0468. The van der Waals surface area contributed by atoms with E-state index in [9.17, 15) is 18.0 Å². The van der Waals surface area contributed by atoms with Gasteiger partial charge in [-0.05, 0) is 56.8 Å². The second-order valence-electron chi connectivity index (χ2n) is 7.41. The van der Waals surface area contributed by atoms with Gasteiger partial charge in [0, 0.05) is 24.8 Å². The van der Waals surface area contributed by atoms with Crippen molar-refractivity contribution in [2.75, 3.05) is 45.2 Å². The lowest BCUT2D eigenvalue weighted by molar-refractivity contribution is -0.153. The SMILES string of the molecule is COc1ccc(NC(=O)NCCCCN2CCCC(C)C2)cc1OCC(F)(F)F. The van der Waals surface area contributed by atoms with Crippen LogP contribution in [0.4, 0.5) is 23.7 Å². The number of piperidine rings is 1. The van der Waals surface area contributed by atoms with Gasteiger partial charge in [-0.25, -0.2) is 4.79 Å². The second kappa shape index (κ2) is 11.1. The van der Waals surface area contributed by atoms with Gasteiger partial charge in [-0.2, -0.15) is 13.2 Å². The third kappa shape index (κ3) is 8.81. The summed E-state index contributed by atoms with van der Waals surface area (Å²) in [6.45, 7) is 4.69. The molecule has 1 saturated heterocycles. The van der Waals surface area contributed by atoms with E-state index in [4.69, 9.17) is 9.47 Å². The predicted molar refractivity (Wildman–Crippen MR) is 106 cm³/mol. The van der Waals surface area contributed by atoms with Crippen LogP contribution in [-0.2, 0) is 0 Å². The number of halogens is 3. The van der Waals surface area contributed by atoms with Crippen LogP contribution < -0.4 is 20.1 Å². The van der Waals surface area contributed by atoms with Gasteiger partial charge in [0.25, 0.3) is 0 Å². The van der Waals surface area contributed by atoms with Gasteiger partial charge in [0.1, 0.15) is 0 Å². The summed E-state index contributed by atoms with van der Waals surface area (Å²) in [6, 6.07) is 3.88. The molecule has 0 spiro atoms.